The number of nitrogens with zero attached hydrogens (tertiary/aromatic N) is 1. The zero-order valence-electron chi connectivity index (χ0n) is 11.4. The molecule has 0 radical (unpaired) electrons. The number of halogens is 1. The van der Waals surface area contributed by atoms with Crippen molar-refractivity contribution in [2.45, 2.75) is 18.4 Å². The summed E-state index contributed by atoms with van der Waals surface area (Å²) in [4.78, 5) is 0.335. The molecule has 0 bridgehead atoms. The lowest BCUT2D eigenvalue weighted by atomic mass is 10.2. The van der Waals surface area contributed by atoms with Crippen LogP contribution < -0.4 is 5.32 Å². The Morgan fingerprint density at radius 1 is 1.35 bits per heavy atom. The molecular weight excluding hydrogens is 316 g/mol. The lowest BCUT2D eigenvalue weighted by molar-refractivity contribution is 0.443. The van der Waals surface area contributed by atoms with Crippen molar-refractivity contribution >= 4 is 33.4 Å². The first-order valence-corrected chi connectivity index (χ1v) is 9.60. The Morgan fingerprint density at radius 3 is 2.70 bits per heavy atom. The number of hydrogen-bond donors (Lipinski definition) is 1. The standard InChI is InChI=1S/C13H19ClN2O2S2/c1-2-15-10-11-9-12(3-4-13(11)14)20(17,18)16-5-7-19-8-6-16/h3-4,9,15H,2,5-8,10H2,1H3. The number of sulfonamides is 1. The van der Waals surface area contributed by atoms with E-state index in [-0.39, 0.29) is 0 Å². The molecule has 0 aliphatic carbocycles. The fourth-order valence-corrected chi connectivity index (χ4v) is 4.85. The van der Waals surface area contributed by atoms with Gasteiger partial charge in [-0.25, -0.2) is 8.42 Å². The number of hydrogen-bond acceptors (Lipinski definition) is 4. The first kappa shape index (κ1) is 16.1. The van der Waals surface area contributed by atoms with Crippen LogP contribution in [0.15, 0.2) is 23.1 Å². The molecule has 1 heterocycles. The van der Waals surface area contributed by atoms with Crippen LogP contribution in [0, 0.1) is 0 Å². The van der Waals surface area contributed by atoms with Crippen LogP contribution in [-0.2, 0) is 16.6 Å². The minimum absolute atomic E-state index is 0.335. The number of thioether (sulfide) groups is 1. The quantitative estimate of drug-likeness (QED) is 0.896. The van der Waals surface area contributed by atoms with Crippen molar-refractivity contribution in [2.75, 3.05) is 31.1 Å². The first-order valence-electron chi connectivity index (χ1n) is 6.62. The Bertz CT molecular complexity index is 557. The molecule has 2 rings (SSSR count). The molecule has 0 aromatic heterocycles. The Labute approximate surface area is 129 Å². The van der Waals surface area contributed by atoms with E-state index in [4.69, 9.17) is 11.6 Å². The fraction of sp³-hybridized carbons (Fsp3) is 0.538. The van der Waals surface area contributed by atoms with Gasteiger partial charge in [-0.15, -0.1) is 0 Å². The minimum Gasteiger partial charge on any atom is -0.313 e. The summed E-state index contributed by atoms with van der Waals surface area (Å²) in [6.45, 7) is 4.56. The van der Waals surface area contributed by atoms with Gasteiger partial charge in [0.2, 0.25) is 10.0 Å². The summed E-state index contributed by atoms with van der Waals surface area (Å²) in [5, 5.41) is 3.76. The van der Waals surface area contributed by atoms with Crippen LogP contribution in [0.25, 0.3) is 0 Å². The van der Waals surface area contributed by atoms with Crippen LogP contribution in [0.5, 0.6) is 0 Å². The van der Waals surface area contributed by atoms with Crippen molar-refractivity contribution in [3.8, 4) is 0 Å². The lowest BCUT2D eigenvalue weighted by Gasteiger charge is -2.25. The second-order valence-corrected chi connectivity index (χ2v) is 8.12. The third-order valence-electron chi connectivity index (χ3n) is 3.19. The summed E-state index contributed by atoms with van der Waals surface area (Å²) in [5.41, 5.74) is 0.820. The van der Waals surface area contributed by atoms with Gasteiger partial charge in [-0.3, -0.25) is 0 Å². The highest BCUT2D eigenvalue weighted by molar-refractivity contribution is 7.99. The van der Waals surface area contributed by atoms with Gasteiger partial charge >= 0.3 is 0 Å². The van der Waals surface area contributed by atoms with Gasteiger partial charge in [-0.1, -0.05) is 18.5 Å². The summed E-state index contributed by atoms with van der Waals surface area (Å²) >= 11 is 7.91. The average Bonchev–Trinajstić information content (AvgIpc) is 2.47. The van der Waals surface area contributed by atoms with Crippen LogP contribution in [-0.4, -0.2) is 43.9 Å². The highest BCUT2D eigenvalue weighted by Crippen LogP contribution is 2.24. The minimum atomic E-state index is -3.39. The van der Waals surface area contributed by atoms with E-state index >= 15 is 0 Å². The maximum Gasteiger partial charge on any atom is 0.243 e. The van der Waals surface area contributed by atoms with E-state index < -0.39 is 10.0 Å². The molecule has 1 aromatic carbocycles. The van der Waals surface area contributed by atoms with Crippen LogP contribution >= 0.6 is 23.4 Å². The zero-order valence-corrected chi connectivity index (χ0v) is 13.8. The molecule has 1 N–H and O–H groups in total. The van der Waals surface area contributed by atoms with E-state index in [0.717, 1.165) is 23.6 Å². The smallest absolute Gasteiger partial charge is 0.243 e. The van der Waals surface area contributed by atoms with Gasteiger partial charge in [0.25, 0.3) is 0 Å². The average molecular weight is 335 g/mol. The Morgan fingerprint density at radius 2 is 2.05 bits per heavy atom. The zero-order chi connectivity index (χ0) is 14.6. The van der Waals surface area contributed by atoms with Gasteiger partial charge < -0.3 is 5.32 Å². The second-order valence-electron chi connectivity index (χ2n) is 4.55. The number of nitrogens with one attached hydrogen (secondary N) is 1. The molecule has 1 aromatic rings. The van der Waals surface area contributed by atoms with Gasteiger partial charge in [0.15, 0.2) is 0 Å². The molecular formula is C13H19ClN2O2S2. The third kappa shape index (κ3) is 3.68. The van der Waals surface area contributed by atoms with Crippen molar-refractivity contribution in [3.05, 3.63) is 28.8 Å². The van der Waals surface area contributed by atoms with Crippen LogP contribution in [0.3, 0.4) is 0 Å². The molecule has 0 saturated carbocycles. The van der Waals surface area contributed by atoms with E-state index in [1.165, 1.54) is 0 Å². The molecule has 1 fully saturated rings. The largest absolute Gasteiger partial charge is 0.313 e. The Hall–Kier alpha value is -0.270. The molecule has 20 heavy (non-hydrogen) atoms. The molecule has 1 saturated heterocycles. The highest BCUT2D eigenvalue weighted by atomic mass is 35.5. The maximum atomic E-state index is 12.6. The fourth-order valence-electron chi connectivity index (χ4n) is 2.04. The van der Waals surface area contributed by atoms with Gasteiger partial charge in [0.05, 0.1) is 4.90 Å². The lowest BCUT2D eigenvalue weighted by Crippen LogP contribution is -2.37. The SMILES string of the molecule is CCNCc1cc(S(=O)(=O)N2CCSCC2)ccc1Cl. The summed E-state index contributed by atoms with van der Waals surface area (Å²) < 4.78 is 26.7. The van der Waals surface area contributed by atoms with E-state index in [0.29, 0.717) is 29.6 Å². The van der Waals surface area contributed by atoms with Crippen molar-refractivity contribution in [1.82, 2.24) is 9.62 Å². The summed E-state index contributed by atoms with van der Waals surface area (Å²) in [6.07, 6.45) is 0. The van der Waals surface area contributed by atoms with E-state index in [1.807, 2.05) is 6.92 Å². The Balaban J connectivity index is 2.26. The molecule has 7 heteroatoms. The van der Waals surface area contributed by atoms with Crippen LogP contribution in [0.2, 0.25) is 5.02 Å². The van der Waals surface area contributed by atoms with E-state index in [9.17, 15) is 8.42 Å². The summed E-state index contributed by atoms with van der Waals surface area (Å²) in [5.74, 6) is 1.72. The number of rotatable bonds is 5. The number of benzene rings is 1. The molecule has 4 nitrogen and oxygen atoms in total. The Kier molecular flexibility index (Phi) is 5.74. The van der Waals surface area contributed by atoms with Gasteiger partial charge in [0.1, 0.15) is 0 Å². The predicted molar refractivity (Wildman–Crippen MR) is 84.9 cm³/mol. The molecule has 1 aliphatic heterocycles. The van der Waals surface area contributed by atoms with Crippen molar-refractivity contribution in [2.24, 2.45) is 0 Å². The van der Waals surface area contributed by atoms with Crippen molar-refractivity contribution in [1.29, 1.82) is 0 Å². The van der Waals surface area contributed by atoms with Gasteiger partial charge in [0, 0.05) is 36.2 Å². The van der Waals surface area contributed by atoms with Crippen molar-refractivity contribution in [3.63, 3.8) is 0 Å². The molecule has 0 spiro atoms. The molecule has 1 aliphatic rings. The van der Waals surface area contributed by atoms with Crippen molar-refractivity contribution < 1.29 is 8.42 Å². The topological polar surface area (TPSA) is 49.4 Å². The molecule has 0 atom stereocenters. The normalized spacial score (nSPS) is 17.3. The summed E-state index contributed by atoms with van der Waals surface area (Å²) in [6, 6.07) is 4.94. The first-order chi connectivity index (χ1) is 9.55. The third-order valence-corrected chi connectivity index (χ3v) is 6.40. The molecule has 0 unspecified atom stereocenters. The van der Waals surface area contributed by atoms with E-state index in [1.54, 1.807) is 34.3 Å². The van der Waals surface area contributed by atoms with E-state index in [2.05, 4.69) is 5.32 Å². The highest BCUT2D eigenvalue weighted by Gasteiger charge is 2.26. The molecule has 0 amide bonds. The predicted octanol–water partition coefficient (Wildman–Crippen LogP) is 2.19. The van der Waals surface area contributed by atoms with Gasteiger partial charge in [-0.2, -0.15) is 16.1 Å². The van der Waals surface area contributed by atoms with Gasteiger partial charge in [-0.05, 0) is 30.3 Å². The maximum absolute atomic E-state index is 12.6. The summed E-state index contributed by atoms with van der Waals surface area (Å²) in [7, 11) is -3.39. The second kappa shape index (κ2) is 7.13. The molecule has 112 valence electrons. The monoisotopic (exact) mass is 334 g/mol. The van der Waals surface area contributed by atoms with Crippen LogP contribution in [0.1, 0.15) is 12.5 Å². The van der Waals surface area contributed by atoms with Crippen LogP contribution in [0.4, 0.5) is 0 Å².